The number of benzene rings is 1. The number of hydrogen-bond donors (Lipinski definition) is 0. The summed E-state index contributed by atoms with van der Waals surface area (Å²) in [5.41, 5.74) is 1.94. The number of amides is 2. The number of carbonyl (C=O) groups excluding carboxylic acids is 2. The molecule has 2 amide bonds. The van der Waals surface area contributed by atoms with E-state index in [-0.39, 0.29) is 11.8 Å². The maximum Gasteiger partial charge on any atom is 0.257 e. The number of fused-ring (bicyclic) bond motifs is 2. The van der Waals surface area contributed by atoms with Crippen LogP contribution in [0.15, 0.2) is 48.8 Å². The first-order valence-electron chi connectivity index (χ1n) is 8.84. The zero-order valence-electron chi connectivity index (χ0n) is 13.9. The Morgan fingerprint density at radius 1 is 1.12 bits per heavy atom. The Bertz CT molecular complexity index is 862. The van der Waals surface area contributed by atoms with Gasteiger partial charge in [-0.05, 0) is 36.6 Å². The number of carbonyl (C=O) groups is 2. The molecule has 3 heterocycles. The van der Waals surface area contributed by atoms with Crippen LogP contribution < -0.4 is 0 Å². The molecular formula is C20H19N3O2. The number of hydrogen-bond acceptors (Lipinski definition) is 3. The van der Waals surface area contributed by atoms with Crippen LogP contribution in [0.5, 0.6) is 0 Å². The SMILES string of the molecule is O=C(c1cccnc1)N1CCN2C(=O)c3ccccc3CC12C1CC1. The summed E-state index contributed by atoms with van der Waals surface area (Å²) >= 11 is 0. The molecule has 126 valence electrons. The fraction of sp³-hybridized carbons (Fsp3) is 0.350. The van der Waals surface area contributed by atoms with Gasteiger partial charge in [-0.25, -0.2) is 0 Å². The van der Waals surface area contributed by atoms with Crippen LogP contribution in [-0.4, -0.2) is 45.4 Å². The first-order chi connectivity index (χ1) is 12.2. The van der Waals surface area contributed by atoms with Crippen LogP contribution in [0.4, 0.5) is 0 Å². The molecule has 0 bridgehead atoms. The lowest BCUT2D eigenvalue weighted by atomic mass is 9.85. The molecule has 1 saturated carbocycles. The van der Waals surface area contributed by atoms with E-state index in [9.17, 15) is 9.59 Å². The zero-order chi connectivity index (χ0) is 17.0. The second kappa shape index (κ2) is 5.15. The van der Waals surface area contributed by atoms with Gasteiger partial charge in [0.05, 0.1) is 5.56 Å². The Labute approximate surface area is 146 Å². The van der Waals surface area contributed by atoms with E-state index in [1.165, 1.54) is 0 Å². The molecule has 0 radical (unpaired) electrons. The summed E-state index contributed by atoms with van der Waals surface area (Å²) in [6.45, 7) is 1.19. The molecule has 1 aromatic heterocycles. The summed E-state index contributed by atoms with van der Waals surface area (Å²) in [6.07, 6.45) is 6.16. The van der Waals surface area contributed by atoms with Gasteiger partial charge in [-0.15, -0.1) is 0 Å². The maximum atomic E-state index is 13.2. The second-order valence-corrected chi connectivity index (χ2v) is 7.14. The van der Waals surface area contributed by atoms with Gasteiger partial charge >= 0.3 is 0 Å². The first kappa shape index (κ1) is 14.6. The van der Waals surface area contributed by atoms with Crippen molar-refractivity contribution in [3.8, 4) is 0 Å². The van der Waals surface area contributed by atoms with E-state index in [4.69, 9.17) is 0 Å². The van der Waals surface area contributed by atoms with Gasteiger partial charge < -0.3 is 9.80 Å². The summed E-state index contributed by atoms with van der Waals surface area (Å²) < 4.78 is 0. The molecule has 1 atom stereocenters. The fourth-order valence-corrected chi connectivity index (χ4v) is 4.56. The first-order valence-corrected chi connectivity index (χ1v) is 8.84. The zero-order valence-corrected chi connectivity index (χ0v) is 13.9. The minimum absolute atomic E-state index is 0.0188. The molecule has 0 N–H and O–H groups in total. The average Bonchev–Trinajstić information content (AvgIpc) is 3.44. The number of aromatic nitrogens is 1. The van der Waals surface area contributed by atoms with Crippen LogP contribution in [0.25, 0.3) is 0 Å². The number of rotatable bonds is 2. The molecule has 0 spiro atoms. The van der Waals surface area contributed by atoms with Crippen molar-refractivity contribution in [2.75, 3.05) is 13.1 Å². The van der Waals surface area contributed by atoms with E-state index in [2.05, 4.69) is 4.98 Å². The van der Waals surface area contributed by atoms with Crippen LogP contribution in [0.3, 0.4) is 0 Å². The van der Waals surface area contributed by atoms with E-state index in [0.717, 1.165) is 30.4 Å². The Morgan fingerprint density at radius 2 is 1.96 bits per heavy atom. The Balaban J connectivity index is 1.61. The molecule has 2 fully saturated rings. The van der Waals surface area contributed by atoms with Crippen LogP contribution in [0.1, 0.15) is 39.1 Å². The van der Waals surface area contributed by atoms with Crippen LogP contribution >= 0.6 is 0 Å². The predicted molar refractivity (Wildman–Crippen MR) is 91.9 cm³/mol. The second-order valence-electron chi connectivity index (χ2n) is 7.14. The molecule has 5 rings (SSSR count). The maximum absolute atomic E-state index is 13.2. The Morgan fingerprint density at radius 3 is 2.72 bits per heavy atom. The molecule has 3 aliphatic rings. The standard InChI is InChI=1S/C20H19N3O2/c24-18(15-5-3-9-21-13-15)22-10-11-23-19(25)17-6-2-1-4-14(17)12-20(22,23)16-7-8-16/h1-6,9,13,16H,7-8,10-12H2. The van der Waals surface area contributed by atoms with E-state index in [1.807, 2.05) is 34.1 Å². The molecule has 25 heavy (non-hydrogen) atoms. The van der Waals surface area contributed by atoms with Crippen molar-refractivity contribution in [2.45, 2.75) is 24.9 Å². The highest BCUT2D eigenvalue weighted by Gasteiger charge is 2.61. The van der Waals surface area contributed by atoms with Gasteiger partial charge in [0, 0.05) is 43.4 Å². The molecule has 5 nitrogen and oxygen atoms in total. The summed E-state index contributed by atoms with van der Waals surface area (Å²) in [6, 6.07) is 11.4. The van der Waals surface area contributed by atoms with Crippen molar-refractivity contribution >= 4 is 11.8 Å². The lowest BCUT2D eigenvalue weighted by Crippen LogP contribution is -2.62. The lowest BCUT2D eigenvalue weighted by Gasteiger charge is -2.47. The minimum atomic E-state index is -0.502. The molecule has 2 aromatic rings. The molecule has 1 saturated heterocycles. The van der Waals surface area contributed by atoms with Crippen LogP contribution in [-0.2, 0) is 6.42 Å². The summed E-state index contributed by atoms with van der Waals surface area (Å²) in [5, 5.41) is 0. The summed E-state index contributed by atoms with van der Waals surface area (Å²) in [4.78, 5) is 34.3. The highest BCUT2D eigenvalue weighted by atomic mass is 16.2. The number of nitrogens with zero attached hydrogens (tertiary/aromatic N) is 3. The van der Waals surface area contributed by atoms with Crippen molar-refractivity contribution in [3.63, 3.8) is 0 Å². The van der Waals surface area contributed by atoms with E-state index in [0.29, 0.717) is 24.6 Å². The van der Waals surface area contributed by atoms with E-state index in [1.54, 1.807) is 24.5 Å². The smallest absolute Gasteiger partial charge is 0.257 e. The van der Waals surface area contributed by atoms with Gasteiger partial charge in [0.15, 0.2) is 0 Å². The van der Waals surface area contributed by atoms with Gasteiger partial charge in [0.2, 0.25) is 0 Å². The van der Waals surface area contributed by atoms with Gasteiger partial charge in [0.1, 0.15) is 5.66 Å². The third-order valence-corrected chi connectivity index (χ3v) is 5.81. The quantitative estimate of drug-likeness (QED) is 0.848. The molecule has 5 heteroatoms. The van der Waals surface area contributed by atoms with Crippen molar-refractivity contribution in [3.05, 3.63) is 65.5 Å². The molecule has 1 unspecified atom stereocenters. The third-order valence-electron chi connectivity index (χ3n) is 5.81. The predicted octanol–water partition coefficient (Wildman–Crippen LogP) is 2.34. The highest BCUT2D eigenvalue weighted by molar-refractivity contribution is 6.00. The number of pyridine rings is 1. The topological polar surface area (TPSA) is 53.5 Å². The van der Waals surface area contributed by atoms with Gasteiger partial charge in [-0.1, -0.05) is 18.2 Å². The third kappa shape index (κ3) is 1.98. The van der Waals surface area contributed by atoms with Gasteiger partial charge in [-0.3, -0.25) is 14.6 Å². The van der Waals surface area contributed by atoms with E-state index < -0.39 is 5.66 Å². The van der Waals surface area contributed by atoms with Gasteiger partial charge in [-0.2, -0.15) is 0 Å². The normalized spacial score (nSPS) is 24.9. The molecular weight excluding hydrogens is 314 g/mol. The molecule has 1 aromatic carbocycles. The minimum Gasteiger partial charge on any atom is -0.313 e. The van der Waals surface area contributed by atoms with Crippen molar-refractivity contribution in [1.82, 2.24) is 14.8 Å². The summed E-state index contributed by atoms with van der Waals surface area (Å²) in [5.74, 6) is 0.415. The average molecular weight is 333 g/mol. The largest absolute Gasteiger partial charge is 0.313 e. The highest BCUT2D eigenvalue weighted by Crippen LogP contribution is 2.52. The fourth-order valence-electron chi connectivity index (χ4n) is 4.56. The van der Waals surface area contributed by atoms with E-state index >= 15 is 0 Å². The van der Waals surface area contributed by atoms with Crippen molar-refractivity contribution in [1.29, 1.82) is 0 Å². The Hall–Kier alpha value is -2.69. The molecule has 1 aliphatic carbocycles. The van der Waals surface area contributed by atoms with Crippen molar-refractivity contribution in [2.24, 2.45) is 5.92 Å². The van der Waals surface area contributed by atoms with Gasteiger partial charge in [0.25, 0.3) is 11.8 Å². The monoisotopic (exact) mass is 333 g/mol. The lowest BCUT2D eigenvalue weighted by molar-refractivity contribution is -0.00147. The molecule has 2 aliphatic heterocycles. The van der Waals surface area contributed by atoms with Crippen LogP contribution in [0, 0.1) is 5.92 Å². The summed E-state index contributed by atoms with van der Waals surface area (Å²) in [7, 11) is 0. The van der Waals surface area contributed by atoms with Crippen LogP contribution in [0.2, 0.25) is 0 Å². The Kier molecular flexibility index (Phi) is 3.02. The van der Waals surface area contributed by atoms with Crippen molar-refractivity contribution < 1.29 is 9.59 Å².